The third kappa shape index (κ3) is 4.94. The maximum absolute atomic E-state index is 10.4. The highest BCUT2D eigenvalue weighted by molar-refractivity contribution is 5.57. The first-order valence-corrected chi connectivity index (χ1v) is 5.83. The van der Waals surface area contributed by atoms with Crippen molar-refractivity contribution in [1.82, 2.24) is 0 Å². The van der Waals surface area contributed by atoms with E-state index in [4.69, 9.17) is 5.73 Å². The molecule has 0 unspecified atom stereocenters. The van der Waals surface area contributed by atoms with E-state index in [2.05, 4.69) is 5.32 Å². The van der Waals surface area contributed by atoms with Gasteiger partial charge >= 0.3 is 0 Å². The van der Waals surface area contributed by atoms with Gasteiger partial charge in [0, 0.05) is 18.7 Å². The maximum Gasteiger partial charge on any atom is 0.124 e. The van der Waals surface area contributed by atoms with Gasteiger partial charge in [-0.1, -0.05) is 18.6 Å². The lowest BCUT2D eigenvalue weighted by atomic mass is 10.1. The van der Waals surface area contributed by atoms with Crippen molar-refractivity contribution in [2.24, 2.45) is 5.73 Å². The van der Waals surface area contributed by atoms with Crippen LogP contribution in [0, 0.1) is 0 Å². The summed E-state index contributed by atoms with van der Waals surface area (Å²) in [4.78, 5) is 10.4. The summed E-state index contributed by atoms with van der Waals surface area (Å²) in [5.74, 6) is 0. The molecule has 0 aromatic heterocycles. The van der Waals surface area contributed by atoms with E-state index in [0.717, 1.165) is 49.9 Å². The molecule has 0 bridgehead atoms. The Labute approximate surface area is 97.0 Å². The Morgan fingerprint density at radius 3 is 2.88 bits per heavy atom. The second-order valence-corrected chi connectivity index (χ2v) is 3.85. The number of carbonyl (C=O) groups is 1. The summed E-state index contributed by atoms with van der Waals surface area (Å²) in [6, 6.07) is 7.99. The molecule has 0 aliphatic carbocycles. The minimum absolute atomic E-state index is 0.489. The third-order valence-corrected chi connectivity index (χ3v) is 2.46. The average Bonchev–Trinajstić information content (AvgIpc) is 2.30. The summed E-state index contributed by atoms with van der Waals surface area (Å²) in [5.41, 5.74) is 7.57. The van der Waals surface area contributed by atoms with Crippen molar-refractivity contribution >= 4 is 12.0 Å². The number of benzene rings is 1. The molecule has 1 aromatic rings. The van der Waals surface area contributed by atoms with Crippen LogP contribution in [0.2, 0.25) is 0 Å². The maximum atomic E-state index is 10.4. The lowest BCUT2D eigenvalue weighted by molar-refractivity contribution is -0.107. The summed E-state index contributed by atoms with van der Waals surface area (Å²) in [6.07, 6.45) is 4.81. The summed E-state index contributed by atoms with van der Waals surface area (Å²) in [6.45, 7) is 1.74. The largest absolute Gasteiger partial charge is 0.385 e. The normalized spacial score (nSPS) is 10.1. The van der Waals surface area contributed by atoms with E-state index in [1.807, 2.05) is 24.3 Å². The fourth-order valence-electron chi connectivity index (χ4n) is 1.58. The van der Waals surface area contributed by atoms with E-state index in [1.54, 1.807) is 0 Å². The number of rotatable bonds is 8. The predicted octanol–water partition coefficient (Wildman–Crippen LogP) is 1.97. The van der Waals surface area contributed by atoms with Crippen LogP contribution in [0.5, 0.6) is 0 Å². The molecule has 0 atom stereocenters. The second kappa shape index (κ2) is 7.88. The minimum atomic E-state index is 0.489. The first-order valence-electron chi connectivity index (χ1n) is 5.83. The molecule has 0 saturated heterocycles. The van der Waals surface area contributed by atoms with Crippen LogP contribution in [0.1, 0.15) is 24.8 Å². The van der Waals surface area contributed by atoms with Crippen LogP contribution in [-0.4, -0.2) is 19.4 Å². The number of unbranched alkanes of at least 4 members (excludes halogenated alkanes) is 2. The first-order chi connectivity index (χ1) is 7.86. The monoisotopic (exact) mass is 220 g/mol. The molecule has 0 spiro atoms. The van der Waals surface area contributed by atoms with Gasteiger partial charge in [0.1, 0.15) is 6.29 Å². The zero-order chi connectivity index (χ0) is 11.6. The molecule has 0 radical (unpaired) electrons. The molecule has 0 aliphatic rings. The van der Waals surface area contributed by atoms with Crippen molar-refractivity contribution < 1.29 is 4.79 Å². The zero-order valence-electron chi connectivity index (χ0n) is 9.61. The van der Waals surface area contributed by atoms with E-state index < -0.39 is 0 Å². The van der Waals surface area contributed by atoms with Gasteiger partial charge in [-0.25, -0.2) is 0 Å². The Hall–Kier alpha value is -1.35. The van der Waals surface area contributed by atoms with Crippen molar-refractivity contribution in [3.05, 3.63) is 29.8 Å². The molecule has 0 saturated carbocycles. The number of hydrogen-bond donors (Lipinski definition) is 2. The molecule has 0 heterocycles. The molecule has 0 fully saturated rings. The highest BCUT2D eigenvalue weighted by Crippen LogP contribution is 2.10. The number of nitrogens with two attached hydrogens (primary N) is 1. The molecule has 0 amide bonds. The number of aldehydes is 1. The Morgan fingerprint density at radius 2 is 2.12 bits per heavy atom. The van der Waals surface area contributed by atoms with Crippen molar-refractivity contribution in [1.29, 1.82) is 0 Å². The van der Waals surface area contributed by atoms with Crippen LogP contribution in [-0.2, 0) is 11.2 Å². The fraction of sp³-hybridized carbons (Fsp3) is 0.462. The van der Waals surface area contributed by atoms with E-state index in [0.29, 0.717) is 6.42 Å². The minimum Gasteiger partial charge on any atom is -0.385 e. The van der Waals surface area contributed by atoms with Gasteiger partial charge in [0.05, 0.1) is 0 Å². The molecule has 3 nitrogen and oxygen atoms in total. The van der Waals surface area contributed by atoms with Gasteiger partial charge in [-0.2, -0.15) is 0 Å². The van der Waals surface area contributed by atoms with Crippen LogP contribution >= 0.6 is 0 Å². The quantitative estimate of drug-likeness (QED) is 0.520. The summed E-state index contributed by atoms with van der Waals surface area (Å²) < 4.78 is 0. The molecule has 16 heavy (non-hydrogen) atoms. The Morgan fingerprint density at radius 1 is 1.25 bits per heavy atom. The molecule has 1 rings (SSSR count). The van der Waals surface area contributed by atoms with E-state index in [1.165, 1.54) is 0 Å². The predicted molar refractivity (Wildman–Crippen MR) is 67.6 cm³/mol. The van der Waals surface area contributed by atoms with Gasteiger partial charge in [-0.05, 0) is 37.1 Å². The standard InChI is InChI=1S/C13H20N2O/c14-8-2-1-3-9-15-13-6-4-5-12(11-13)7-10-16/h4-6,10-11,15H,1-3,7-9,14H2. The highest BCUT2D eigenvalue weighted by Gasteiger charge is 1.95. The number of nitrogens with one attached hydrogen (secondary N) is 1. The van der Waals surface area contributed by atoms with Gasteiger partial charge in [-0.15, -0.1) is 0 Å². The molecular weight excluding hydrogens is 200 g/mol. The Bertz CT molecular complexity index is 313. The molecular formula is C13H20N2O. The van der Waals surface area contributed by atoms with Crippen molar-refractivity contribution in [2.75, 3.05) is 18.4 Å². The van der Waals surface area contributed by atoms with Crippen LogP contribution < -0.4 is 11.1 Å². The number of anilines is 1. The summed E-state index contributed by atoms with van der Waals surface area (Å²) >= 11 is 0. The van der Waals surface area contributed by atoms with Gasteiger partial charge in [0.25, 0.3) is 0 Å². The topological polar surface area (TPSA) is 55.1 Å². The summed E-state index contributed by atoms with van der Waals surface area (Å²) in [5, 5.41) is 3.35. The second-order valence-electron chi connectivity index (χ2n) is 3.85. The van der Waals surface area contributed by atoms with Crippen LogP contribution in [0.3, 0.4) is 0 Å². The molecule has 0 aliphatic heterocycles. The van der Waals surface area contributed by atoms with Gasteiger partial charge in [0.15, 0.2) is 0 Å². The Balaban J connectivity index is 2.30. The van der Waals surface area contributed by atoms with Gasteiger partial charge < -0.3 is 15.8 Å². The number of carbonyl (C=O) groups excluding carboxylic acids is 1. The zero-order valence-corrected chi connectivity index (χ0v) is 9.61. The van der Waals surface area contributed by atoms with Gasteiger partial charge in [-0.3, -0.25) is 0 Å². The van der Waals surface area contributed by atoms with Crippen LogP contribution in [0.25, 0.3) is 0 Å². The third-order valence-electron chi connectivity index (χ3n) is 2.46. The highest BCUT2D eigenvalue weighted by atomic mass is 16.1. The molecule has 88 valence electrons. The molecule has 1 aromatic carbocycles. The SMILES string of the molecule is NCCCCCNc1cccc(CC=O)c1. The van der Waals surface area contributed by atoms with Crippen molar-refractivity contribution in [2.45, 2.75) is 25.7 Å². The average molecular weight is 220 g/mol. The lowest BCUT2D eigenvalue weighted by Gasteiger charge is -2.07. The number of hydrogen-bond acceptors (Lipinski definition) is 3. The smallest absolute Gasteiger partial charge is 0.124 e. The van der Waals surface area contributed by atoms with E-state index in [9.17, 15) is 4.79 Å². The van der Waals surface area contributed by atoms with Crippen LogP contribution in [0.4, 0.5) is 5.69 Å². The van der Waals surface area contributed by atoms with Gasteiger partial charge in [0.2, 0.25) is 0 Å². The van der Waals surface area contributed by atoms with Crippen molar-refractivity contribution in [3.8, 4) is 0 Å². The lowest BCUT2D eigenvalue weighted by Crippen LogP contribution is -2.04. The summed E-state index contributed by atoms with van der Waals surface area (Å²) in [7, 11) is 0. The molecule has 3 heteroatoms. The van der Waals surface area contributed by atoms with Crippen LogP contribution in [0.15, 0.2) is 24.3 Å². The molecule has 3 N–H and O–H groups in total. The Kier molecular flexibility index (Phi) is 6.26. The first kappa shape index (κ1) is 12.7. The van der Waals surface area contributed by atoms with E-state index >= 15 is 0 Å². The van der Waals surface area contributed by atoms with Crippen molar-refractivity contribution in [3.63, 3.8) is 0 Å². The van der Waals surface area contributed by atoms with E-state index in [-0.39, 0.29) is 0 Å². The fourth-order valence-corrected chi connectivity index (χ4v) is 1.58.